The lowest BCUT2D eigenvalue weighted by atomic mass is 9.62. The third kappa shape index (κ3) is 1.82. The first-order chi connectivity index (χ1) is 9.17. The van der Waals surface area contributed by atoms with Crippen molar-refractivity contribution in [3.8, 4) is 5.75 Å². The summed E-state index contributed by atoms with van der Waals surface area (Å²) in [6.45, 7) is 0.732. The van der Waals surface area contributed by atoms with Crippen molar-refractivity contribution in [2.75, 3.05) is 13.7 Å². The third-order valence-electron chi connectivity index (χ3n) is 4.51. The van der Waals surface area contributed by atoms with E-state index in [-0.39, 0.29) is 12.0 Å². The van der Waals surface area contributed by atoms with Crippen LogP contribution in [-0.4, -0.2) is 19.7 Å². The Morgan fingerprint density at radius 3 is 2.89 bits per heavy atom. The van der Waals surface area contributed by atoms with E-state index in [4.69, 9.17) is 15.2 Å². The Labute approximate surface area is 112 Å². The Morgan fingerprint density at radius 1 is 1.47 bits per heavy atom. The molecular weight excluding hydrogens is 242 g/mol. The number of benzene rings is 1. The molecule has 0 amide bonds. The van der Waals surface area contributed by atoms with Crippen molar-refractivity contribution < 1.29 is 14.3 Å². The molecule has 1 fully saturated rings. The molecule has 2 aliphatic rings. The Kier molecular flexibility index (Phi) is 2.97. The van der Waals surface area contributed by atoms with Gasteiger partial charge in [-0.1, -0.05) is 18.6 Å². The molecule has 1 aromatic carbocycles. The number of esters is 1. The smallest absolute Gasteiger partial charge is 0.313 e. The van der Waals surface area contributed by atoms with Gasteiger partial charge in [0.2, 0.25) is 0 Å². The molecule has 0 aromatic heterocycles. The van der Waals surface area contributed by atoms with E-state index in [1.165, 1.54) is 12.7 Å². The predicted octanol–water partition coefficient (Wildman–Crippen LogP) is 1.96. The van der Waals surface area contributed by atoms with E-state index >= 15 is 0 Å². The molecule has 1 aliphatic carbocycles. The highest BCUT2D eigenvalue weighted by Gasteiger charge is 2.50. The number of hydrogen-bond acceptors (Lipinski definition) is 4. The Bertz CT molecular complexity index is 508. The molecular formula is C15H19NO3. The minimum atomic E-state index is -0.525. The van der Waals surface area contributed by atoms with Crippen molar-refractivity contribution in [2.45, 2.75) is 31.7 Å². The summed E-state index contributed by atoms with van der Waals surface area (Å²) in [5.74, 6) is 0.764. The summed E-state index contributed by atoms with van der Waals surface area (Å²) >= 11 is 0. The zero-order chi connectivity index (χ0) is 13.5. The zero-order valence-corrected chi connectivity index (χ0v) is 11.1. The standard InChI is InChI=1S/C15H19NO3/c1-18-14(17)15(6-2-7-15)13(16)11-3-4-12-10(9-11)5-8-19-12/h3-4,9,13H,2,5-8,16H2,1H3. The number of fused-ring (bicyclic) bond motifs is 1. The van der Waals surface area contributed by atoms with Crippen molar-refractivity contribution >= 4 is 5.97 Å². The number of rotatable bonds is 3. The number of methoxy groups -OCH3 is 1. The fourth-order valence-electron chi connectivity index (χ4n) is 3.12. The summed E-state index contributed by atoms with van der Waals surface area (Å²) < 4.78 is 10.4. The van der Waals surface area contributed by atoms with Crippen molar-refractivity contribution in [3.63, 3.8) is 0 Å². The van der Waals surface area contributed by atoms with E-state index < -0.39 is 5.41 Å². The summed E-state index contributed by atoms with van der Waals surface area (Å²) in [5, 5.41) is 0. The van der Waals surface area contributed by atoms with Crippen LogP contribution < -0.4 is 10.5 Å². The van der Waals surface area contributed by atoms with E-state index in [0.29, 0.717) is 0 Å². The number of carbonyl (C=O) groups is 1. The van der Waals surface area contributed by atoms with Crippen LogP contribution in [0.25, 0.3) is 0 Å². The van der Waals surface area contributed by atoms with Crippen molar-refractivity contribution in [1.82, 2.24) is 0 Å². The Hall–Kier alpha value is -1.55. The first-order valence-electron chi connectivity index (χ1n) is 6.77. The van der Waals surface area contributed by atoms with Gasteiger partial charge in [-0.2, -0.15) is 0 Å². The van der Waals surface area contributed by atoms with E-state index in [0.717, 1.165) is 43.6 Å². The van der Waals surface area contributed by atoms with Crippen LogP contribution in [0.4, 0.5) is 0 Å². The molecule has 1 heterocycles. The van der Waals surface area contributed by atoms with Gasteiger partial charge in [0, 0.05) is 12.5 Å². The van der Waals surface area contributed by atoms with Gasteiger partial charge >= 0.3 is 5.97 Å². The third-order valence-corrected chi connectivity index (χ3v) is 4.51. The molecule has 1 unspecified atom stereocenters. The van der Waals surface area contributed by atoms with Crippen LogP contribution in [0.2, 0.25) is 0 Å². The molecule has 1 aliphatic heterocycles. The van der Waals surface area contributed by atoms with Crippen LogP contribution in [0, 0.1) is 5.41 Å². The fraction of sp³-hybridized carbons (Fsp3) is 0.533. The number of nitrogens with two attached hydrogens (primary N) is 1. The molecule has 4 nitrogen and oxygen atoms in total. The molecule has 102 valence electrons. The van der Waals surface area contributed by atoms with E-state index in [1.807, 2.05) is 12.1 Å². The van der Waals surface area contributed by atoms with Gasteiger partial charge in [0.25, 0.3) is 0 Å². The van der Waals surface area contributed by atoms with Gasteiger partial charge in [-0.25, -0.2) is 0 Å². The van der Waals surface area contributed by atoms with Crippen LogP contribution in [0.3, 0.4) is 0 Å². The highest BCUT2D eigenvalue weighted by molar-refractivity contribution is 5.79. The minimum absolute atomic E-state index is 0.178. The molecule has 0 spiro atoms. The second kappa shape index (κ2) is 4.53. The topological polar surface area (TPSA) is 61.5 Å². The summed E-state index contributed by atoms with van der Waals surface area (Å²) in [5.41, 5.74) is 8.03. The number of carbonyl (C=O) groups excluding carboxylic acids is 1. The van der Waals surface area contributed by atoms with Crippen LogP contribution in [-0.2, 0) is 16.0 Å². The zero-order valence-electron chi connectivity index (χ0n) is 11.1. The first-order valence-corrected chi connectivity index (χ1v) is 6.77. The van der Waals surface area contributed by atoms with Crippen molar-refractivity contribution in [1.29, 1.82) is 0 Å². The molecule has 1 aromatic rings. The summed E-state index contributed by atoms with van der Waals surface area (Å²) in [7, 11) is 1.44. The van der Waals surface area contributed by atoms with Gasteiger partial charge in [-0.05, 0) is 30.0 Å². The Morgan fingerprint density at radius 2 is 2.26 bits per heavy atom. The second-order valence-electron chi connectivity index (χ2n) is 5.44. The van der Waals surface area contributed by atoms with Gasteiger partial charge in [0.15, 0.2) is 0 Å². The van der Waals surface area contributed by atoms with Crippen LogP contribution in [0.1, 0.15) is 36.4 Å². The van der Waals surface area contributed by atoms with Crippen LogP contribution in [0.15, 0.2) is 18.2 Å². The van der Waals surface area contributed by atoms with E-state index in [1.54, 1.807) is 0 Å². The lowest BCUT2D eigenvalue weighted by molar-refractivity contribution is -0.160. The van der Waals surface area contributed by atoms with Crippen LogP contribution >= 0.6 is 0 Å². The van der Waals surface area contributed by atoms with Crippen LogP contribution in [0.5, 0.6) is 5.75 Å². The average molecular weight is 261 g/mol. The van der Waals surface area contributed by atoms with E-state index in [2.05, 4.69) is 6.07 Å². The van der Waals surface area contributed by atoms with Gasteiger partial charge in [-0.15, -0.1) is 0 Å². The maximum absolute atomic E-state index is 12.0. The molecule has 1 atom stereocenters. The lowest BCUT2D eigenvalue weighted by Gasteiger charge is -2.43. The summed E-state index contributed by atoms with van der Waals surface area (Å²) in [6.07, 6.45) is 3.58. The fourth-order valence-corrected chi connectivity index (χ4v) is 3.12. The average Bonchev–Trinajstić information content (AvgIpc) is 2.84. The quantitative estimate of drug-likeness (QED) is 0.845. The lowest BCUT2D eigenvalue weighted by Crippen LogP contribution is -2.47. The second-order valence-corrected chi connectivity index (χ2v) is 5.44. The Balaban J connectivity index is 1.91. The molecule has 0 saturated heterocycles. The molecule has 0 radical (unpaired) electrons. The maximum atomic E-state index is 12.0. The summed E-state index contributed by atoms with van der Waals surface area (Å²) in [6, 6.07) is 5.72. The molecule has 3 rings (SSSR count). The van der Waals surface area contributed by atoms with E-state index in [9.17, 15) is 4.79 Å². The SMILES string of the molecule is COC(=O)C1(C(N)c2ccc3c(c2)CCO3)CCC1. The predicted molar refractivity (Wildman–Crippen MR) is 70.9 cm³/mol. The monoisotopic (exact) mass is 261 g/mol. The van der Waals surface area contributed by atoms with Crippen molar-refractivity contribution in [2.24, 2.45) is 11.1 Å². The highest BCUT2D eigenvalue weighted by Crippen LogP contribution is 2.50. The van der Waals surface area contributed by atoms with Gasteiger partial charge in [0.05, 0.1) is 19.1 Å². The highest BCUT2D eigenvalue weighted by atomic mass is 16.5. The largest absolute Gasteiger partial charge is 0.493 e. The van der Waals surface area contributed by atoms with Gasteiger partial charge < -0.3 is 15.2 Å². The molecule has 4 heteroatoms. The number of hydrogen-bond donors (Lipinski definition) is 1. The van der Waals surface area contributed by atoms with Gasteiger partial charge in [0.1, 0.15) is 5.75 Å². The maximum Gasteiger partial charge on any atom is 0.313 e. The minimum Gasteiger partial charge on any atom is -0.493 e. The number of ether oxygens (including phenoxy) is 2. The summed E-state index contributed by atoms with van der Waals surface area (Å²) in [4.78, 5) is 12.0. The normalized spacial score (nSPS) is 20.9. The molecule has 19 heavy (non-hydrogen) atoms. The first kappa shape index (κ1) is 12.5. The molecule has 2 N–H and O–H groups in total. The van der Waals surface area contributed by atoms with Gasteiger partial charge in [-0.3, -0.25) is 4.79 Å². The molecule has 1 saturated carbocycles. The van der Waals surface area contributed by atoms with Crippen molar-refractivity contribution in [3.05, 3.63) is 29.3 Å². The molecule has 0 bridgehead atoms.